The molecule has 0 spiro atoms. The van der Waals surface area contributed by atoms with Gasteiger partial charge in [0.15, 0.2) is 11.5 Å². The topological polar surface area (TPSA) is 38.8 Å². The molecule has 0 saturated heterocycles. The van der Waals surface area contributed by atoms with Gasteiger partial charge < -0.3 is 14.4 Å². The summed E-state index contributed by atoms with van der Waals surface area (Å²) < 4.78 is 11.5. The summed E-state index contributed by atoms with van der Waals surface area (Å²) in [5.41, 5.74) is 2.16. The minimum Gasteiger partial charge on any atom is -0.493 e. The van der Waals surface area contributed by atoms with E-state index in [9.17, 15) is 4.79 Å². The first-order chi connectivity index (χ1) is 14.5. The highest BCUT2D eigenvalue weighted by Crippen LogP contribution is 2.30. The molecule has 30 heavy (non-hydrogen) atoms. The van der Waals surface area contributed by atoms with Gasteiger partial charge in [-0.25, -0.2) is 0 Å². The molecule has 1 amide bonds. The maximum absolute atomic E-state index is 13.2. The Morgan fingerprint density at radius 3 is 2.33 bits per heavy atom. The molecule has 1 unspecified atom stereocenters. The highest BCUT2D eigenvalue weighted by molar-refractivity contribution is 5.79. The van der Waals surface area contributed by atoms with Crippen LogP contribution in [0.1, 0.15) is 64.5 Å². The Morgan fingerprint density at radius 1 is 1.00 bits per heavy atom. The van der Waals surface area contributed by atoms with E-state index in [-0.39, 0.29) is 17.9 Å². The largest absolute Gasteiger partial charge is 0.493 e. The van der Waals surface area contributed by atoms with Crippen molar-refractivity contribution in [1.82, 2.24) is 4.90 Å². The number of unbranched alkanes of at least 4 members (excludes halogenated alkanes) is 1. The van der Waals surface area contributed by atoms with E-state index in [2.05, 4.69) is 27.7 Å². The van der Waals surface area contributed by atoms with E-state index < -0.39 is 0 Å². The number of methoxy groups -OCH3 is 1. The monoisotopic (exact) mass is 411 g/mol. The van der Waals surface area contributed by atoms with Crippen molar-refractivity contribution in [1.29, 1.82) is 0 Å². The Balaban J connectivity index is 2.11. The van der Waals surface area contributed by atoms with Crippen molar-refractivity contribution in [2.24, 2.45) is 5.92 Å². The molecule has 0 heterocycles. The number of carbonyl (C=O) groups is 1. The Labute approximate surface area is 182 Å². The lowest BCUT2D eigenvalue weighted by Gasteiger charge is -2.31. The molecule has 2 aromatic rings. The molecule has 0 saturated carbocycles. The van der Waals surface area contributed by atoms with Crippen molar-refractivity contribution in [3.05, 3.63) is 59.7 Å². The normalized spacial score (nSPS) is 11.9. The van der Waals surface area contributed by atoms with Gasteiger partial charge in [-0.1, -0.05) is 63.1 Å². The second-order valence-corrected chi connectivity index (χ2v) is 8.07. The molecule has 0 aliphatic carbocycles. The van der Waals surface area contributed by atoms with Gasteiger partial charge in [0.05, 0.1) is 7.11 Å². The first kappa shape index (κ1) is 23.8. The van der Waals surface area contributed by atoms with Crippen LogP contribution < -0.4 is 9.47 Å². The van der Waals surface area contributed by atoms with Gasteiger partial charge in [0.25, 0.3) is 0 Å². The summed E-state index contributed by atoms with van der Waals surface area (Å²) in [6, 6.07) is 16.2. The van der Waals surface area contributed by atoms with Crippen LogP contribution in [-0.4, -0.2) is 24.0 Å². The third kappa shape index (κ3) is 6.79. The molecule has 4 heteroatoms. The van der Waals surface area contributed by atoms with Gasteiger partial charge in [0, 0.05) is 18.5 Å². The minimum absolute atomic E-state index is 0.0997. The number of hydrogen-bond acceptors (Lipinski definition) is 3. The summed E-state index contributed by atoms with van der Waals surface area (Å²) in [5, 5.41) is 0. The second-order valence-electron chi connectivity index (χ2n) is 8.07. The molecule has 2 aromatic carbocycles. The van der Waals surface area contributed by atoms with E-state index in [0.29, 0.717) is 24.7 Å². The van der Waals surface area contributed by atoms with Crippen LogP contribution in [-0.2, 0) is 17.9 Å². The summed E-state index contributed by atoms with van der Waals surface area (Å²) in [6.07, 6.45) is 4.06. The maximum atomic E-state index is 13.2. The highest BCUT2D eigenvalue weighted by atomic mass is 16.5. The zero-order valence-electron chi connectivity index (χ0n) is 19.2. The van der Waals surface area contributed by atoms with Gasteiger partial charge in [-0.3, -0.25) is 4.79 Å². The van der Waals surface area contributed by atoms with Crippen molar-refractivity contribution < 1.29 is 14.3 Å². The average molecular weight is 412 g/mol. The molecule has 164 valence electrons. The first-order valence-corrected chi connectivity index (χ1v) is 11.1. The van der Waals surface area contributed by atoms with Gasteiger partial charge in [0.2, 0.25) is 5.91 Å². The van der Waals surface area contributed by atoms with Crippen LogP contribution in [0.5, 0.6) is 11.5 Å². The fourth-order valence-corrected chi connectivity index (χ4v) is 3.56. The Morgan fingerprint density at radius 2 is 1.73 bits per heavy atom. The van der Waals surface area contributed by atoms with Crippen LogP contribution in [0, 0.1) is 5.92 Å². The van der Waals surface area contributed by atoms with Crippen LogP contribution in [0.2, 0.25) is 0 Å². The Kier molecular flexibility index (Phi) is 9.72. The maximum Gasteiger partial charge on any atom is 0.226 e. The summed E-state index contributed by atoms with van der Waals surface area (Å²) in [7, 11) is 1.65. The molecule has 1 atom stereocenters. The average Bonchev–Trinajstić information content (AvgIpc) is 2.77. The zero-order chi connectivity index (χ0) is 21.9. The van der Waals surface area contributed by atoms with E-state index in [0.717, 1.165) is 36.8 Å². The SMILES string of the molecule is CCCCC(CC)C(=O)N(Cc1ccc(OCc2ccccc2)c(OC)c1)C(C)C. The van der Waals surface area contributed by atoms with E-state index in [4.69, 9.17) is 9.47 Å². The molecular weight excluding hydrogens is 374 g/mol. The Bertz CT molecular complexity index is 773. The zero-order valence-corrected chi connectivity index (χ0v) is 19.2. The van der Waals surface area contributed by atoms with E-state index in [1.54, 1.807) is 7.11 Å². The van der Waals surface area contributed by atoms with Crippen molar-refractivity contribution in [3.63, 3.8) is 0 Å². The van der Waals surface area contributed by atoms with Gasteiger partial charge in [-0.15, -0.1) is 0 Å². The number of amides is 1. The summed E-state index contributed by atoms with van der Waals surface area (Å²) >= 11 is 0. The van der Waals surface area contributed by atoms with Crippen LogP contribution in [0.15, 0.2) is 48.5 Å². The van der Waals surface area contributed by atoms with Gasteiger partial charge in [-0.05, 0) is 49.9 Å². The quantitative estimate of drug-likeness (QED) is 0.416. The molecule has 2 rings (SSSR count). The Hall–Kier alpha value is -2.49. The molecule has 0 aliphatic heterocycles. The van der Waals surface area contributed by atoms with Gasteiger partial charge >= 0.3 is 0 Å². The molecule has 0 aliphatic rings. The molecule has 0 bridgehead atoms. The second kappa shape index (κ2) is 12.3. The number of rotatable bonds is 12. The van der Waals surface area contributed by atoms with E-state index >= 15 is 0 Å². The first-order valence-electron chi connectivity index (χ1n) is 11.1. The lowest BCUT2D eigenvalue weighted by molar-refractivity contribution is -0.138. The van der Waals surface area contributed by atoms with Gasteiger partial charge in [-0.2, -0.15) is 0 Å². The van der Waals surface area contributed by atoms with Crippen LogP contribution in [0.25, 0.3) is 0 Å². The summed E-state index contributed by atoms with van der Waals surface area (Å²) in [5.74, 6) is 1.76. The lowest BCUT2D eigenvalue weighted by atomic mass is 9.97. The lowest BCUT2D eigenvalue weighted by Crippen LogP contribution is -2.40. The van der Waals surface area contributed by atoms with Crippen LogP contribution >= 0.6 is 0 Å². The molecule has 0 aromatic heterocycles. The standard InChI is InChI=1S/C26H37NO3/c1-6-8-14-23(7-2)26(28)27(20(3)4)18-22-15-16-24(25(17-22)29-5)30-19-21-12-10-9-11-13-21/h9-13,15-17,20,23H,6-8,14,18-19H2,1-5H3. The number of hydrogen-bond donors (Lipinski definition) is 0. The smallest absolute Gasteiger partial charge is 0.226 e. The predicted octanol–water partition coefficient (Wildman–Crippen LogP) is 6.23. The highest BCUT2D eigenvalue weighted by Gasteiger charge is 2.25. The van der Waals surface area contributed by atoms with Crippen molar-refractivity contribution in [3.8, 4) is 11.5 Å². The van der Waals surface area contributed by atoms with E-state index in [1.807, 2.05) is 53.4 Å². The fourth-order valence-electron chi connectivity index (χ4n) is 3.56. The number of ether oxygens (including phenoxy) is 2. The van der Waals surface area contributed by atoms with Gasteiger partial charge in [0.1, 0.15) is 6.61 Å². The number of nitrogens with zero attached hydrogens (tertiary/aromatic N) is 1. The molecule has 0 radical (unpaired) electrons. The molecule has 4 nitrogen and oxygen atoms in total. The minimum atomic E-state index is 0.0997. The van der Waals surface area contributed by atoms with Crippen LogP contribution in [0.3, 0.4) is 0 Å². The van der Waals surface area contributed by atoms with Crippen LogP contribution in [0.4, 0.5) is 0 Å². The van der Waals surface area contributed by atoms with E-state index in [1.165, 1.54) is 0 Å². The third-order valence-corrected chi connectivity index (χ3v) is 5.47. The number of benzene rings is 2. The van der Waals surface area contributed by atoms with Crippen molar-refractivity contribution >= 4 is 5.91 Å². The molecule has 0 N–H and O–H groups in total. The predicted molar refractivity (Wildman–Crippen MR) is 123 cm³/mol. The molecular formula is C26H37NO3. The molecule has 0 fully saturated rings. The van der Waals surface area contributed by atoms with Crippen molar-refractivity contribution in [2.75, 3.05) is 7.11 Å². The fraction of sp³-hybridized carbons (Fsp3) is 0.500. The summed E-state index contributed by atoms with van der Waals surface area (Å²) in [4.78, 5) is 15.2. The summed E-state index contributed by atoms with van der Waals surface area (Å²) in [6.45, 7) is 9.51. The van der Waals surface area contributed by atoms with Crippen molar-refractivity contribution in [2.45, 2.75) is 72.6 Å². The number of carbonyl (C=O) groups excluding carboxylic acids is 1. The third-order valence-electron chi connectivity index (χ3n) is 5.47.